The lowest BCUT2D eigenvalue weighted by Crippen LogP contribution is -2.17. The Labute approximate surface area is 171 Å². The van der Waals surface area contributed by atoms with E-state index < -0.39 is 16.6 Å². The normalized spacial score (nSPS) is 10.9. The quantitative estimate of drug-likeness (QED) is 0.241. The molecule has 0 spiro atoms. The number of aromatic nitrogens is 1. The van der Waals surface area contributed by atoms with Crippen LogP contribution in [0.15, 0.2) is 45.6 Å². The molecule has 1 aromatic heterocycles. The van der Waals surface area contributed by atoms with E-state index in [0.29, 0.717) is 11.1 Å². The van der Waals surface area contributed by atoms with E-state index in [0.717, 1.165) is 11.1 Å². The smallest absolute Gasteiger partial charge is 0.419 e. The first-order valence-electron chi connectivity index (χ1n) is 9.30. The molecule has 0 amide bonds. The lowest BCUT2D eigenvalue weighted by Gasteiger charge is -2.08. The van der Waals surface area contributed by atoms with Gasteiger partial charge in [0, 0.05) is 24.6 Å². The van der Waals surface area contributed by atoms with Gasteiger partial charge >= 0.3 is 11.7 Å². The van der Waals surface area contributed by atoms with Crippen LogP contribution in [0.2, 0.25) is 0 Å². The molecule has 0 saturated heterocycles. The summed E-state index contributed by atoms with van der Waals surface area (Å²) in [6, 6.07) is 9.39. The number of oxazole rings is 1. The van der Waals surface area contributed by atoms with Gasteiger partial charge in [0.2, 0.25) is 5.78 Å². The molecule has 1 heterocycles. The Morgan fingerprint density at radius 1 is 1.17 bits per heavy atom. The van der Waals surface area contributed by atoms with Gasteiger partial charge in [-0.2, -0.15) is 0 Å². The van der Waals surface area contributed by atoms with E-state index >= 15 is 0 Å². The second-order valence-electron chi connectivity index (χ2n) is 6.93. The molecule has 0 aliphatic carbocycles. The molecule has 2 aromatic carbocycles. The van der Waals surface area contributed by atoms with E-state index in [1.807, 2.05) is 26.0 Å². The van der Waals surface area contributed by atoms with Crippen molar-refractivity contribution in [2.45, 2.75) is 33.2 Å². The highest BCUT2D eigenvalue weighted by molar-refractivity contribution is 5.99. The fraction of sp³-hybridized carbons (Fsp3) is 0.286. The molecule has 0 saturated carbocycles. The van der Waals surface area contributed by atoms with Crippen molar-refractivity contribution in [2.75, 3.05) is 6.61 Å². The average molecular weight is 412 g/mol. The maximum absolute atomic E-state index is 12.3. The summed E-state index contributed by atoms with van der Waals surface area (Å²) in [5.41, 5.74) is 2.61. The standard InChI is InChI=1S/C21H20N2O7/c1-13-5-6-14(2)16(10-13)18(24)12-29-20(25)4-3-9-22-17-8-7-15(23(27)28)11-19(17)30-21(22)26/h5-8,10-11H,3-4,9,12H2,1-2H3. The molecular weight excluding hydrogens is 392 g/mol. The van der Waals surface area contributed by atoms with E-state index in [1.165, 1.54) is 22.8 Å². The summed E-state index contributed by atoms with van der Waals surface area (Å²) in [5.74, 6) is -1.49. The minimum atomic E-state index is -0.663. The Kier molecular flexibility index (Phi) is 6.10. The highest BCUT2D eigenvalue weighted by Gasteiger charge is 2.15. The number of aryl methyl sites for hydroxylation is 3. The molecule has 0 N–H and O–H groups in total. The van der Waals surface area contributed by atoms with Crippen LogP contribution in [0.25, 0.3) is 11.1 Å². The summed E-state index contributed by atoms with van der Waals surface area (Å²) in [6.45, 7) is 3.52. The van der Waals surface area contributed by atoms with Crippen LogP contribution in [0, 0.1) is 24.0 Å². The Morgan fingerprint density at radius 3 is 2.67 bits per heavy atom. The van der Waals surface area contributed by atoms with Gasteiger partial charge in [-0.3, -0.25) is 24.3 Å². The molecule has 3 aromatic rings. The number of carbonyl (C=O) groups is 2. The van der Waals surface area contributed by atoms with Gasteiger partial charge in [-0.1, -0.05) is 17.7 Å². The number of hydrogen-bond donors (Lipinski definition) is 0. The van der Waals surface area contributed by atoms with Gasteiger partial charge in [0.05, 0.1) is 16.5 Å². The van der Waals surface area contributed by atoms with Crippen LogP contribution in [-0.2, 0) is 16.1 Å². The van der Waals surface area contributed by atoms with Crippen molar-refractivity contribution in [1.29, 1.82) is 0 Å². The molecular formula is C21H20N2O7. The van der Waals surface area contributed by atoms with Crippen molar-refractivity contribution in [1.82, 2.24) is 4.57 Å². The van der Waals surface area contributed by atoms with Gasteiger partial charge in [0.15, 0.2) is 12.2 Å². The second-order valence-corrected chi connectivity index (χ2v) is 6.93. The number of rotatable bonds is 8. The number of esters is 1. The van der Waals surface area contributed by atoms with Crippen LogP contribution in [0.1, 0.15) is 34.3 Å². The SMILES string of the molecule is Cc1ccc(C)c(C(=O)COC(=O)CCCn2c(=O)oc3cc([N+](=O)[O-])ccc32)c1. The largest absolute Gasteiger partial charge is 0.457 e. The zero-order chi connectivity index (χ0) is 21.8. The van der Waals surface area contributed by atoms with Gasteiger partial charge in [-0.05, 0) is 38.0 Å². The van der Waals surface area contributed by atoms with E-state index in [-0.39, 0.29) is 43.0 Å². The fourth-order valence-electron chi connectivity index (χ4n) is 3.09. The third kappa shape index (κ3) is 4.62. The number of non-ortho nitro benzene ring substituents is 1. The van der Waals surface area contributed by atoms with Crippen molar-refractivity contribution in [3.8, 4) is 0 Å². The molecule has 0 aliphatic rings. The van der Waals surface area contributed by atoms with Crippen molar-refractivity contribution < 1.29 is 23.7 Å². The number of fused-ring (bicyclic) bond motifs is 1. The van der Waals surface area contributed by atoms with Crippen molar-refractivity contribution in [2.24, 2.45) is 0 Å². The van der Waals surface area contributed by atoms with E-state index in [1.54, 1.807) is 6.07 Å². The molecule has 0 unspecified atom stereocenters. The Bertz CT molecular complexity index is 1190. The average Bonchev–Trinajstić information content (AvgIpc) is 3.02. The summed E-state index contributed by atoms with van der Waals surface area (Å²) < 4.78 is 11.4. The minimum absolute atomic E-state index is 0.00613. The van der Waals surface area contributed by atoms with Crippen molar-refractivity contribution in [3.63, 3.8) is 0 Å². The van der Waals surface area contributed by atoms with Gasteiger partial charge in [0.25, 0.3) is 5.69 Å². The van der Waals surface area contributed by atoms with Crippen molar-refractivity contribution in [3.05, 3.63) is 73.8 Å². The van der Waals surface area contributed by atoms with Crippen LogP contribution >= 0.6 is 0 Å². The third-order valence-corrected chi connectivity index (χ3v) is 4.68. The van der Waals surface area contributed by atoms with Gasteiger partial charge in [0.1, 0.15) is 0 Å². The number of ether oxygens (including phenoxy) is 1. The van der Waals surface area contributed by atoms with Crippen LogP contribution in [-0.4, -0.2) is 27.8 Å². The summed E-state index contributed by atoms with van der Waals surface area (Å²) >= 11 is 0. The number of nitro benzene ring substituents is 1. The Balaban J connectivity index is 1.55. The highest BCUT2D eigenvalue weighted by Crippen LogP contribution is 2.20. The highest BCUT2D eigenvalue weighted by atomic mass is 16.6. The van der Waals surface area contributed by atoms with E-state index in [2.05, 4.69) is 0 Å². The zero-order valence-corrected chi connectivity index (χ0v) is 16.5. The van der Waals surface area contributed by atoms with Crippen LogP contribution in [0.4, 0.5) is 5.69 Å². The maximum atomic E-state index is 12.3. The minimum Gasteiger partial charge on any atom is -0.457 e. The predicted molar refractivity (Wildman–Crippen MR) is 108 cm³/mol. The van der Waals surface area contributed by atoms with E-state index in [4.69, 9.17) is 9.15 Å². The molecule has 0 atom stereocenters. The monoisotopic (exact) mass is 412 g/mol. The van der Waals surface area contributed by atoms with Crippen LogP contribution in [0.3, 0.4) is 0 Å². The van der Waals surface area contributed by atoms with Gasteiger partial charge in [-0.15, -0.1) is 0 Å². The predicted octanol–water partition coefficient (Wildman–Crippen LogP) is 3.33. The fourth-order valence-corrected chi connectivity index (χ4v) is 3.09. The van der Waals surface area contributed by atoms with Gasteiger partial charge < -0.3 is 9.15 Å². The molecule has 0 aliphatic heterocycles. The first-order valence-corrected chi connectivity index (χ1v) is 9.30. The number of nitrogens with zero attached hydrogens (tertiary/aromatic N) is 2. The number of benzene rings is 2. The molecule has 0 fully saturated rings. The second kappa shape index (κ2) is 8.73. The Morgan fingerprint density at radius 2 is 1.93 bits per heavy atom. The lowest BCUT2D eigenvalue weighted by molar-refractivity contribution is -0.384. The first-order chi connectivity index (χ1) is 14.3. The number of carbonyl (C=O) groups excluding carboxylic acids is 2. The van der Waals surface area contributed by atoms with Gasteiger partial charge in [-0.25, -0.2) is 4.79 Å². The molecule has 0 bridgehead atoms. The summed E-state index contributed by atoms with van der Waals surface area (Å²) in [6.07, 6.45) is 0.286. The molecule has 9 nitrogen and oxygen atoms in total. The molecule has 3 rings (SSSR count). The molecule has 156 valence electrons. The zero-order valence-electron chi connectivity index (χ0n) is 16.5. The molecule has 9 heteroatoms. The number of ketones is 1. The van der Waals surface area contributed by atoms with Crippen LogP contribution in [0.5, 0.6) is 0 Å². The Hall–Kier alpha value is -3.75. The molecule has 30 heavy (non-hydrogen) atoms. The summed E-state index contributed by atoms with van der Waals surface area (Å²) in [4.78, 5) is 46.5. The topological polar surface area (TPSA) is 122 Å². The first kappa shape index (κ1) is 21.0. The number of nitro groups is 1. The number of Topliss-reactive ketones (excluding diaryl/α,β-unsaturated/α-hetero) is 1. The number of hydrogen-bond acceptors (Lipinski definition) is 7. The third-order valence-electron chi connectivity index (χ3n) is 4.68. The summed E-state index contributed by atoms with van der Waals surface area (Å²) in [7, 11) is 0. The maximum Gasteiger partial charge on any atom is 0.419 e. The lowest BCUT2D eigenvalue weighted by atomic mass is 10.0. The van der Waals surface area contributed by atoms with Crippen molar-refractivity contribution >= 4 is 28.5 Å². The van der Waals surface area contributed by atoms with E-state index in [9.17, 15) is 24.5 Å². The molecule has 0 radical (unpaired) electrons. The van der Waals surface area contributed by atoms with Crippen LogP contribution < -0.4 is 5.76 Å². The summed E-state index contributed by atoms with van der Waals surface area (Å²) in [5, 5.41) is 10.8.